The molecule has 0 saturated heterocycles. The van der Waals surface area contributed by atoms with Crippen molar-refractivity contribution in [1.82, 2.24) is 5.43 Å². The van der Waals surface area contributed by atoms with Gasteiger partial charge in [-0.05, 0) is 35.3 Å². The van der Waals surface area contributed by atoms with Crippen molar-refractivity contribution < 1.29 is 9.21 Å². The molecule has 0 aliphatic rings. The molecule has 0 spiro atoms. The van der Waals surface area contributed by atoms with Gasteiger partial charge >= 0.3 is 0 Å². The molecule has 1 atom stereocenters. The number of amides is 1. The summed E-state index contributed by atoms with van der Waals surface area (Å²) in [5, 5.41) is 3.74. The molecule has 2 rings (SSSR count). The molecule has 0 aliphatic carbocycles. The highest BCUT2D eigenvalue weighted by Crippen LogP contribution is 2.19. The van der Waals surface area contributed by atoms with E-state index >= 15 is 0 Å². The van der Waals surface area contributed by atoms with E-state index in [0.717, 1.165) is 16.0 Å². The first-order chi connectivity index (χ1) is 10.6. The van der Waals surface area contributed by atoms with E-state index in [-0.39, 0.29) is 11.2 Å². The van der Waals surface area contributed by atoms with Gasteiger partial charge < -0.3 is 4.42 Å². The monoisotopic (exact) mass is 380 g/mol. The molecule has 4 nitrogen and oxygen atoms in total. The number of nitrogens with one attached hydrogen (secondary N) is 1. The van der Waals surface area contributed by atoms with E-state index in [2.05, 4.69) is 26.5 Å². The fourth-order valence-electron chi connectivity index (χ4n) is 1.67. The lowest BCUT2D eigenvalue weighted by molar-refractivity contribution is -0.120. The van der Waals surface area contributed by atoms with E-state index < -0.39 is 0 Å². The minimum atomic E-state index is -0.178. The first-order valence-corrected chi connectivity index (χ1v) is 8.65. The highest BCUT2D eigenvalue weighted by Gasteiger charge is 2.12. The van der Waals surface area contributed by atoms with Crippen molar-refractivity contribution in [1.29, 1.82) is 0 Å². The lowest BCUT2D eigenvalue weighted by Crippen LogP contribution is -2.26. The van der Waals surface area contributed by atoms with Crippen molar-refractivity contribution in [2.24, 2.45) is 5.10 Å². The number of hydrogen-bond acceptors (Lipinski definition) is 4. The number of nitrogens with zero attached hydrogens (tertiary/aromatic N) is 1. The summed E-state index contributed by atoms with van der Waals surface area (Å²) in [7, 11) is 0. The van der Waals surface area contributed by atoms with Crippen LogP contribution in [0.5, 0.6) is 0 Å². The lowest BCUT2D eigenvalue weighted by atomic mass is 10.2. The van der Waals surface area contributed by atoms with E-state index in [9.17, 15) is 4.79 Å². The molecular formula is C16H17BrN2O2S. The summed E-state index contributed by atoms with van der Waals surface area (Å²) in [6, 6.07) is 11.9. The number of hydrogen-bond donors (Lipinski definition) is 1. The van der Waals surface area contributed by atoms with Crippen molar-refractivity contribution in [2.45, 2.75) is 24.9 Å². The molecule has 0 aliphatic heterocycles. The van der Waals surface area contributed by atoms with Crippen LogP contribution in [0.1, 0.15) is 24.0 Å². The quantitative estimate of drug-likeness (QED) is 0.605. The molecular weight excluding hydrogens is 364 g/mol. The van der Waals surface area contributed by atoms with Crippen molar-refractivity contribution in [3.8, 4) is 0 Å². The number of rotatable bonds is 6. The molecule has 6 heteroatoms. The summed E-state index contributed by atoms with van der Waals surface area (Å²) >= 11 is 4.93. The van der Waals surface area contributed by atoms with Crippen LogP contribution < -0.4 is 5.43 Å². The number of aryl methyl sites for hydroxylation is 1. The van der Waals surface area contributed by atoms with E-state index in [1.807, 2.05) is 44.2 Å². The van der Waals surface area contributed by atoms with E-state index in [1.54, 1.807) is 17.8 Å². The summed E-state index contributed by atoms with van der Waals surface area (Å²) in [5.74, 6) is 2.04. The van der Waals surface area contributed by atoms with Gasteiger partial charge in [-0.25, -0.2) is 5.43 Å². The van der Waals surface area contributed by atoms with Crippen molar-refractivity contribution in [2.75, 3.05) is 0 Å². The summed E-state index contributed by atoms with van der Waals surface area (Å²) in [6.07, 6.45) is 1.49. The normalized spacial score (nSPS) is 12.5. The number of furan rings is 1. The number of thioether (sulfide) groups is 1. The topological polar surface area (TPSA) is 54.6 Å². The average molecular weight is 381 g/mol. The lowest BCUT2D eigenvalue weighted by Gasteiger charge is -2.09. The molecule has 116 valence electrons. The van der Waals surface area contributed by atoms with Gasteiger partial charge in [-0.1, -0.05) is 30.3 Å². The van der Waals surface area contributed by atoms with E-state index in [1.165, 1.54) is 11.8 Å². The maximum Gasteiger partial charge on any atom is 0.252 e. The second-order valence-corrected chi connectivity index (χ2v) is 6.91. The van der Waals surface area contributed by atoms with Crippen LogP contribution in [0.2, 0.25) is 0 Å². The van der Waals surface area contributed by atoms with Crippen molar-refractivity contribution >= 4 is 39.8 Å². The van der Waals surface area contributed by atoms with Gasteiger partial charge in [0.15, 0.2) is 0 Å². The third-order valence-electron chi connectivity index (χ3n) is 2.95. The third-order valence-corrected chi connectivity index (χ3v) is 4.96. The molecule has 0 saturated carbocycles. The molecule has 0 fully saturated rings. The van der Waals surface area contributed by atoms with E-state index in [4.69, 9.17) is 4.42 Å². The first-order valence-electron chi connectivity index (χ1n) is 6.80. The Hall–Kier alpha value is -1.53. The Bertz CT molecular complexity index is 636. The number of hydrazone groups is 1. The highest BCUT2D eigenvalue weighted by atomic mass is 79.9. The van der Waals surface area contributed by atoms with Crippen LogP contribution in [-0.4, -0.2) is 17.4 Å². The van der Waals surface area contributed by atoms with Crippen molar-refractivity contribution in [3.05, 3.63) is 58.0 Å². The molecule has 0 bridgehead atoms. The van der Waals surface area contributed by atoms with Crippen LogP contribution in [-0.2, 0) is 10.5 Å². The predicted octanol–water partition coefficient (Wildman–Crippen LogP) is 4.12. The van der Waals surface area contributed by atoms with Crippen LogP contribution in [0.4, 0.5) is 0 Å². The molecule has 1 amide bonds. The Morgan fingerprint density at radius 2 is 2.18 bits per heavy atom. The van der Waals surface area contributed by atoms with Gasteiger partial charge in [0, 0.05) is 11.8 Å². The maximum atomic E-state index is 11.9. The second kappa shape index (κ2) is 8.19. The minimum absolute atomic E-state index is 0.125. The molecule has 2 aromatic rings. The zero-order valence-corrected chi connectivity index (χ0v) is 14.8. The van der Waals surface area contributed by atoms with Crippen LogP contribution >= 0.6 is 27.7 Å². The van der Waals surface area contributed by atoms with Crippen LogP contribution in [0.25, 0.3) is 0 Å². The molecule has 0 unspecified atom stereocenters. The van der Waals surface area contributed by atoms with Gasteiger partial charge in [0.05, 0.1) is 15.9 Å². The molecule has 22 heavy (non-hydrogen) atoms. The highest BCUT2D eigenvalue weighted by molar-refractivity contribution is 9.10. The van der Waals surface area contributed by atoms with Gasteiger partial charge in [-0.15, -0.1) is 11.8 Å². The Morgan fingerprint density at radius 1 is 1.45 bits per heavy atom. The van der Waals surface area contributed by atoms with E-state index in [0.29, 0.717) is 5.76 Å². The summed E-state index contributed by atoms with van der Waals surface area (Å²) in [5.41, 5.74) is 3.73. The standard InChI is InChI=1S/C16H17BrN2O2S/c1-11-15(17)8-14(21-11)9-18-19-16(20)12(2)22-10-13-6-4-3-5-7-13/h3-9,12H,10H2,1-2H3,(H,19,20)/b18-9-/t12-/m1/s1. The SMILES string of the molecule is Cc1oc(/C=N\NC(=O)[C@@H](C)SCc2ccccc2)cc1Br. The summed E-state index contributed by atoms with van der Waals surface area (Å²) in [6.45, 7) is 3.72. The first kappa shape index (κ1) is 16.8. The molecule has 1 N–H and O–H groups in total. The van der Waals surface area contributed by atoms with Crippen LogP contribution in [0, 0.1) is 6.92 Å². The van der Waals surface area contributed by atoms with Gasteiger partial charge in [-0.3, -0.25) is 4.79 Å². The molecule has 1 aromatic carbocycles. The zero-order valence-electron chi connectivity index (χ0n) is 12.4. The Morgan fingerprint density at radius 3 is 2.82 bits per heavy atom. The molecule has 1 aromatic heterocycles. The zero-order chi connectivity index (χ0) is 15.9. The molecule has 0 radical (unpaired) electrons. The predicted molar refractivity (Wildman–Crippen MR) is 94.1 cm³/mol. The van der Waals surface area contributed by atoms with Crippen molar-refractivity contribution in [3.63, 3.8) is 0 Å². The Balaban J connectivity index is 1.78. The maximum absolute atomic E-state index is 11.9. The molecule has 1 heterocycles. The van der Waals surface area contributed by atoms with Gasteiger partial charge in [0.2, 0.25) is 0 Å². The number of halogens is 1. The minimum Gasteiger partial charge on any atom is -0.459 e. The van der Waals surface area contributed by atoms with Crippen LogP contribution in [0.15, 0.2) is 50.4 Å². The number of carbonyl (C=O) groups is 1. The largest absolute Gasteiger partial charge is 0.459 e. The summed E-state index contributed by atoms with van der Waals surface area (Å²) < 4.78 is 6.29. The number of benzene rings is 1. The second-order valence-electron chi connectivity index (χ2n) is 4.73. The van der Waals surface area contributed by atoms with Gasteiger partial charge in [0.1, 0.15) is 11.5 Å². The van der Waals surface area contributed by atoms with Gasteiger partial charge in [0.25, 0.3) is 5.91 Å². The van der Waals surface area contributed by atoms with Crippen LogP contribution in [0.3, 0.4) is 0 Å². The van der Waals surface area contributed by atoms with Gasteiger partial charge in [-0.2, -0.15) is 5.10 Å². The smallest absolute Gasteiger partial charge is 0.252 e. The average Bonchev–Trinajstić information content (AvgIpc) is 2.84. The fourth-order valence-corrected chi connectivity index (χ4v) is 2.81. The summed E-state index contributed by atoms with van der Waals surface area (Å²) in [4.78, 5) is 11.9. The third kappa shape index (κ3) is 5.03. The Kier molecular flexibility index (Phi) is 6.27. The fraction of sp³-hybridized carbons (Fsp3) is 0.250. The Labute approximate surface area is 142 Å². The number of carbonyl (C=O) groups excluding carboxylic acids is 1.